The molecule has 0 saturated heterocycles. The molecule has 1 aromatic heterocycles. The van der Waals surface area contributed by atoms with Gasteiger partial charge in [-0.2, -0.15) is 5.10 Å². The molecule has 0 bridgehead atoms. The van der Waals surface area contributed by atoms with Gasteiger partial charge < -0.3 is 4.79 Å². The highest BCUT2D eigenvalue weighted by molar-refractivity contribution is 5.49. The number of hydrogen-bond donors (Lipinski definition) is 0. The van der Waals surface area contributed by atoms with Crippen LogP contribution in [0.1, 0.15) is 12.2 Å². The summed E-state index contributed by atoms with van der Waals surface area (Å²) in [5.41, 5.74) is 0. The van der Waals surface area contributed by atoms with E-state index in [1.54, 1.807) is 6.33 Å². The Kier molecular flexibility index (Phi) is 2.35. The van der Waals surface area contributed by atoms with E-state index in [0.29, 0.717) is 6.42 Å². The molecule has 2 rings (SSSR count). The van der Waals surface area contributed by atoms with Crippen molar-refractivity contribution in [2.75, 3.05) is 13.1 Å². The van der Waals surface area contributed by atoms with Gasteiger partial charge >= 0.3 is 0 Å². The van der Waals surface area contributed by atoms with Crippen LogP contribution in [0.15, 0.2) is 6.33 Å². The lowest BCUT2D eigenvalue weighted by Gasteiger charge is -2.25. The fourth-order valence-corrected chi connectivity index (χ4v) is 1.54. The van der Waals surface area contributed by atoms with Crippen LogP contribution in [-0.2, 0) is 17.9 Å². The first-order valence-corrected chi connectivity index (χ1v) is 4.43. The normalized spacial score (nSPS) is 16.9. The number of carbonyl (C=O) groups is 1. The van der Waals surface area contributed by atoms with Crippen molar-refractivity contribution in [3.8, 4) is 0 Å². The van der Waals surface area contributed by atoms with Crippen molar-refractivity contribution in [1.82, 2.24) is 19.7 Å². The van der Waals surface area contributed by atoms with Crippen LogP contribution in [0.4, 0.5) is 0 Å². The maximum atomic E-state index is 10.2. The van der Waals surface area contributed by atoms with Crippen LogP contribution < -0.4 is 0 Å². The van der Waals surface area contributed by atoms with E-state index in [2.05, 4.69) is 15.0 Å². The average Bonchev–Trinajstić information content (AvgIpc) is 2.61. The number of hydrogen-bond acceptors (Lipinski definition) is 4. The molecule has 0 atom stereocenters. The van der Waals surface area contributed by atoms with Crippen LogP contribution in [0.25, 0.3) is 0 Å². The Hall–Kier alpha value is -1.23. The minimum Gasteiger partial charge on any atom is -0.303 e. The molecule has 0 amide bonds. The summed E-state index contributed by atoms with van der Waals surface area (Å²) in [4.78, 5) is 16.5. The molecule has 1 aliphatic heterocycles. The van der Waals surface area contributed by atoms with Crippen molar-refractivity contribution in [2.24, 2.45) is 0 Å². The van der Waals surface area contributed by atoms with Crippen molar-refractivity contribution in [2.45, 2.75) is 19.5 Å². The van der Waals surface area contributed by atoms with Gasteiger partial charge in [0, 0.05) is 19.5 Å². The van der Waals surface area contributed by atoms with Crippen LogP contribution in [0.5, 0.6) is 0 Å². The molecule has 0 radical (unpaired) electrons. The molecule has 0 spiro atoms. The van der Waals surface area contributed by atoms with Crippen LogP contribution in [0.3, 0.4) is 0 Å². The Labute approximate surface area is 76.4 Å². The first-order chi connectivity index (χ1) is 6.40. The third kappa shape index (κ3) is 1.75. The molecule has 1 aromatic rings. The lowest BCUT2D eigenvalue weighted by Crippen LogP contribution is -2.35. The number of nitrogens with zero attached hydrogens (tertiary/aromatic N) is 4. The third-order valence-corrected chi connectivity index (χ3v) is 2.25. The lowest BCUT2D eigenvalue weighted by atomic mass is 10.3. The van der Waals surface area contributed by atoms with Crippen LogP contribution in [0.2, 0.25) is 0 Å². The number of aldehydes is 1. The Bertz CT molecular complexity index is 296. The molecule has 0 aliphatic carbocycles. The molecular formula is C8H12N4O. The molecule has 0 N–H and O–H groups in total. The minimum absolute atomic E-state index is 0.605. The predicted octanol–water partition coefficient (Wildman–Crippen LogP) is -0.317. The smallest absolute Gasteiger partial charge is 0.141 e. The Morgan fingerprint density at radius 3 is 3.31 bits per heavy atom. The predicted molar refractivity (Wildman–Crippen MR) is 46.0 cm³/mol. The first-order valence-electron chi connectivity index (χ1n) is 4.43. The number of fused-ring (bicyclic) bond motifs is 1. The third-order valence-electron chi connectivity index (χ3n) is 2.25. The van der Waals surface area contributed by atoms with Gasteiger partial charge in [-0.1, -0.05) is 0 Å². The van der Waals surface area contributed by atoms with Gasteiger partial charge in [-0.05, 0) is 0 Å². The zero-order chi connectivity index (χ0) is 9.10. The summed E-state index contributed by atoms with van der Waals surface area (Å²) in [6.45, 7) is 3.49. The second-order valence-corrected chi connectivity index (χ2v) is 3.13. The second-order valence-electron chi connectivity index (χ2n) is 3.13. The monoisotopic (exact) mass is 180 g/mol. The molecule has 0 aromatic carbocycles. The van der Waals surface area contributed by atoms with E-state index in [1.807, 2.05) is 4.68 Å². The highest BCUT2D eigenvalue weighted by Gasteiger charge is 2.16. The van der Waals surface area contributed by atoms with Gasteiger partial charge in [0.05, 0.1) is 13.1 Å². The molecule has 0 fully saturated rings. The van der Waals surface area contributed by atoms with Gasteiger partial charge in [-0.15, -0.1) is 0 Å². The summed E-state index contributed by atoms with van der Waals surface area (Å²) in [6, 6.07) is 0. The van der Waals surface area contributed by atoms with Crippen molar-refractivity contribution < 1.29 is 4.79 Å². The molecular weight excluding hydrogens is 168 g/mol. The second kappa shape index (κ2) is 3.66. The molecule has 0 saturated carbocycles. The zero-order valence-electron chi connectivity index (χ0n) is 7.39. The molecule has 5 nitrogen and oxygen atoms in total. The van der Waals surface area contributed by atoms with Crippen molar-refractivity contribution >= 4 is 6.29 Å². The summed E-state index contributed by atoms with van der Waals surface area (Å²) in [5.74, 6) is 0.997. The van der Waals surface area contributed by atoms with E-state index in [4.69, 9.17) is 0 Å². The Morgan fingerprint density at radius 2 is 2.46 bits per heavy atom. The number of carbonyl (C=O) groups excluding carboxylic acids is 1. The number of rotatable bonds is 3. The summed E-state index contributed by atoms with van der Waals surface area (Å²) in [7, 11) is 0. The van der Waals surface area contributed by atoms with E-state index < -0.39 is 0 Å². The highest BCUT2D eigenvalue weighted by atomic mass is 16.1. The molecule has 0 unspecified atom stereocenters. The van der Waals surface area contributed by atoms with Gasteiger partial charge in [-0.25, -0.2) is 9.67 Å². The fraction of sp³-hybridized carbons (Fsp3) is 0.625. The maximum absolute atomic E-state index is 10.2. The van der Waals surface area contributed by atoms with Gasteiger partial charge in [0.25, 0.3) is 0 Å². The van der Waals surface area contributed by atoms with Crippen LogP contribution in [0, 0.1) is 0 Å². The summed E-state index contributed by atoms with van der Waals surface area (Å²) in [6.07, 6.45) is 3.14. The van der Waals surface area contributed by atoms with Crippen molar-refractivity contribution in [1.29, 1.82) is 0 Å². The van der Waals surface area contributed by atoms with Crippen LogP contribution in [-0.4, -0.2) is 39.0 Å². The SMILES string of the molecule is O=CCCN1CCn2ncnc2C1. The van der Waals surface area contributed by atoms with Gasteiger partial charge in [-0.3, -0.25) is 4.90 Å². The number of aromatic nitrogens is 3. The maximum Gasteiger partial charge on any atom is 0.141 e. The summed E-state index contributed by atoms with van der Waals surface area (Å²) < 4.78 is 1.91. The highest BCUT2D eigenvalue weighted by Crippen LogP contribution is 2.07. The van der Waals surface area contributed by atoms with Gasteiger partial charge in [0.2, 0.25) is 0 Å². The quantitative estimate of drug-likeness (QED) is 0.598. The van der Waals surface area contributed by atoms with E-state index >= 15 is 0 Å². The Morgan fingerprint density at radius 1 is 1.54 bits per heavy atom. The molecule has 2 heterocycles. The summed E-state index contributed by atoms with van der Waals surface area (Å²) >= 11 is 0. The van der Waals surface area contributed by atoms with Crippen LogP contribution >= 0.6 is 0 Å². The standard InChI is InChI=1S/C8H12N4O/c13-5-1-2-11-3-4-12-8(6-11)9-7-10-12/h5,7H,1-4,6H2. The molecule has 5 heteroatoms. The topological polar surface area (TPSA) is 51.0 Å². The van der Waals surface area contributed by atoms with E-state index in [0.717, 1.165) is 38.3 Å². The largest absolute Gasteiger partial charge is 0.303 e. The summed E-state index contributed by atoms with van der Waals surface area (Å²) in [5, 5.41) is 4.08. The average molecular weight is 180 g/mol. The van der Waals surface area contributed by atoms with Gasteiger partial charge in [0.15, 0.2) is 0 Å². The van der Waals surface area contributed by atoms with Crippen molar-refractivity contribution in [3.63, 3.8) is 0 Å². The molecule has 13 heavy (non-hydrogen) atoms. The minimum atomic E-state index is 0.605. The van der Waals surface area contributed by atoms with E-state index in [9.17, 15) is 4.79 Å². The van der Waals surface area contributed by atoms with Crippen molar-refractivity contribution in [3.05, 3.63) is 12.2 Å². The van der Waals surface area contributed by atoms with Gasteiger partial charge in [0.1, 0.15) is 18.4 Å². The zero-order valence-corrected chi connectivity index (χ0v) is 7.39. The lowest BCUT2D eigenvalue weighted by molar-refractivity contribution is -0.108. The first kappa shape index (κ1) is 8.37. The Balaban J connectivity index is 1.96. The van der Waals surface area contributed by atoms with E-state index in [-0.39, 0.29) is 0 Å². The molecule has 70 valence electrons. The molecule has 1 aliphatic rings. The van der Waals surface area contributed by atoms with E-state index in [1.165, 1.54) is 0 Å². The fourth-order valence-electron chi connectivity index (χ4n) is 1.54.